The molecule has 2 N–H and O–H groups in total. The van der Waals surface area contributed by atoms with E-state index in [0.717, 1.165) is 22.6 Å². The molecule has 0 spiro atoms. The van der Waals surface area contributed by atoms with Crippen LogP contribution in [0.4, 0.5) is 4.79 Å². The van der Waals surface area contributed by atoms with Gasteiger partial charge in [0.25, 0.3) is 5.91 Å². The second-order valence-electron chi connectivity index (χ2n) is 7.35. The third-order valence-corrected chi connectivity index (χ3v) is 6.55. The number of imide groups is 1. The second-order valence-corrected chi connectivity index (χ2v) is 8.29. The summed E-state index contributed by atoms with van der Waals surface area (Å²) >= 11 is 1.40. The standard InChI is InChI=1S/C20H21N3O3S/c1-19(15-8-5-11-27-15)17(25)23(18(26)22-19)12-16(24)21-13-20(9-10-20)14-6-3-2-4-7-14/h2-8,11H,9-10,12-13H2,1H3,(H,21,24)(H,22,26). The third kappa shape index (κ3) is 3.12. The summed E-state index contributed by atoms with van der Waals surface area (Å²) in [7, 11) is 0. The molecule has 4 rings (SSSR count). The number of nitrogens with zero attached hydrogens (tertiary/aromatic N) is 1. The summed E-state index contributed by atoms with van der Waals surface area (Å²) in [6.45, 7) is 1.92. The summed E-state index contributed by atoms with van der Waals surface area (Å²) in [6, 6.07) is 13.2. The lowest BCUT2D eigenvalue weighted by atomic mass is 9.96. The molecule has 1 saturated carbocycles. The molecule has 1 aliphatic carbocycles. The van der Waals surface area contributed by atoms with E-state index in [2.05, 4.69) is 22.8 Å². The molecule has 140 valence electrons. The molecular formula is C20H21N3O3S. The SMILES string of the molecule is CC1(c2cccs2)NC(=O)N(CC(=O)NCC2(c3ccccc3)CC2)C1=O. The average Bonchev–Trinajstić information content (AvgIpc) is 3.18. The van der Waals surface area contributed by atoms with Crippen LogP contribution >= 0.6 is 11.3 Å². The van der Waals surface area contributed by atoms with Gasteiger partial charge in [-0.25, -0.2) is 4.79 Å². The largest absolute Gasteiger partial charge is 0.354 e. The zero-order valence-electron chi connectivity index (χ0n) is 15.0. The molecule has 2 aliphatic rings. The van der Waals surface area contributed by atoms with E-state index in [4.69, 9.17) is 0 Å². The fraction of sp³-hybridized carbons (Fsp3) is 0.350. The zero-order chi connectivity index (χ0) is 19.1. The normalized spacial score (nSPS) is 23.2. The number of urea groups is 1. The summed E-state index contributed by atoms with van der Waals surface area (Å²) in [5, 5.41) is 7.48. The molecule has 2 heterocycles. The van der Waals surface area contributed by atoms with Crippen molar-refractivity contribution in [1.82, 2.24) is 15.5 Å². The molecular weight excluding hydrogens is 362 g/mol. The summed E-state index contributed by atoms with van der Waals surface area (Å²) < 4.78 is 0. The van der Waals surface area contributed by atoms with Crippen molar-refractivity contribution >= 4 is 29.2 Å². The Hall–Kier alpha value is -2.67. The monoisotopic (exact) mass is 383 g/mol. The van der Waals surface area contributed by atoms with Gasteiger partial charge in [0.2, 0.25) is 5.91 Å². The van der Waals surface area contributed by atoms with Gasteiger partial charge in [-0.1, -0.05) is 36.4 Å². The van der Waals surface area contributed by atoms with Crippen molar-refractivity contribution in [3.8, 4) is 0 Å². The molecule has 2 fully saturated rings. The van der Waals surface area contributed by atoms with E-state index in [1.165, 1.54) is 16.9 Å². The minimum atomic E-state index is -1.10. The van der Waals surface area contributed by atoms with Gasteiger partial charge in [-0.05, 0) is 36.8 Å². The van der Waals surface area contributed by atoms with Gasteiger partial charge < -0.3 is 10.6 Å². The summed E-state index contributed by atoms with van der Waals surface area (Å²) in [5.41, 5.74) is 0.0954. The van der Waals surface area contributed by atoms with Gasteiger partial charge in [0, 0.05) is 16.8 Å². The molecule has 4 amide bonds. The van der Waals surface area contributed by atoms with Crippen molar-refractivity contribution in [1.29, 1.82) is 0 Å². The van der Waals surface area contributed by atoms with Crippen molar-refractivity contribution in [2.45, 2.75) is 30.7 Å². The van der Waals surface area contributed by atoms with Gasteiger partial charge in [0.15, 0.2) is 5.54 Å². The van der Waals surface area contributed by atoms with E-state index < -0.39 is 17.5 Å². The van der Waals surface area contributed by atoms with Crippen molar-refractivity contribution in [3.05, 3.63) is 58.3 Å². The first kappa shape index (κ1) is 17.7. The lowest BCUT2D eigenvalue weighted by Crippen LogP contribution is -2.44. The Bertz CT molecular complexity index is 877. The van der Waals surface area contributed by atoms with Crippen LogP contribution in [0.25, 0.3) is 0 Å². The number of thiophene rings is 1. The summed E-state index contributed by atoms with van der Waals surface area (Å²) in [6.07, 6.45) is 2.05. The molecule has 1 atom stereocenters. The lowest BCUT2D eigenvalue weighted by Gasteiger charge is -2.20. The van der Waals surface area contributed by atoms with Gasteiger partial charge >= 0.3 is 6.03 Å². The van der Waals surface area contributed by atoms with E-state index in [1.807, 2.05) is 35.7 Å². The van der Waals surface area contributed by atoms with E-state index in [9.17, 15) is 14.4 Å². The highest BCUT2D eigenvalue weighted by Crippen LogP contribution is 2.47. The first-order valence-electron chi connectivity index (χ1n) is 8.95. The van der Waals surface area contributed by atoms with Gasteiger partial charge in [-0.2, -0.15) is 0 Å². The van der Waals surface area contributed by atoms with E-state index in [-0.39, 0.29) is 17.9 Å². The van der Waals surface area contributed by atoms with Crippen LogP contribution in [0.1, 0.15) is 30.2 Å². The van der Waals surface area contributed by atoms with Crippen molar-refractivity contribution in [2.24, 2.45) is 0 Å². The third-order valence-electron chi connectivity index (χ3n) is 5.45. The Labute approximate surface area is 161 Å². The van der Waals surface area contributed by atoms with Crippen molar-refractivity contribution in [2.75, 3.05) is 13.1 Å². The Morgan fingerprint density at radius 3 is 2.56 bits per heavy atom. The number of benzene rings is 1. The van der Waals surface area contributed by atoms with Crippen LogP contribution in [-0.2, 0) is 20.5 Å². The van der Waals surface area contributed by atoms with Crippen LogP contribution in [0.2, 0.25) is 0 Å². The Morgan fingerprint density at radius 1 is 1.19 bits per heavy atom. The number of rotatable bonds is 6. The van der Waals surface area contributed by atoms with Crippen LogP contribution in [0, 0.1) is 0 Å². The second kappa shape index (κ2) is 6.49. The number of hydrogen-bond acceptors (Lipinski definition) is 4. The van der Waals surface area contributed by atoms with Gasteiger partial charge in [-0.15, -0.1) is 11.3 Å². The van der Waals surface area contributed by atoms with Crippen LogP contribution in [-0.4, -0.2) is 35.8 Å². The molecule has 27 heavy (non-hydrogen) atoms. The fourth-order valence-corrected chi connectivity index (χ4v) is 4.38. The molecule has 1 aliphatic heterocycles. The number of hydrogen-bond donors (Lipinski definition) is 2. The predicted molar refractivity (Wildman–Crippen MR) is 102 cm³/mol. The minimum Gasteiger partial charge on any atom is -0.354 e. The van der Waals surface area contributed by atoms with E-state index in [0.29, 0.717) is 6.54 Å². The molecule has 0 radical (unpaired) electrons. The molecule has 1 saturated heterocycles. The summed E-state index contributed by atoms with van der Waals surface area (Å²) in [5.74, 6) is -0.717. The number of carbonyl (C=O) groups is 3. The Kier molecular flexibility index (Phi) is 4.26. The van der Waals surface area contributed by atoms with Crippen LogP contribution < -0.4 is 10.6 Å². The van der Waals surface area contributed by atoms with Crippen LogP contribution in [0.3, 0.4) is 0 Å². The zero-order valence-corrected chi connectivity index (χ0v) is 15.8. The smallest absolute Gasteiger partial charge is 0.325 e. The fourth-order valence-electron chi connectivity index (χ4n) is 3.55. The van der Waals surface area contributed by atoms with Gasteiger partial charge in [0.05, 0.1) is 0 Å². The maximum Gasteiger partial charge on any atom is 0.325 e. The lowest BCUT2D eigenvalue weighted by molar-refractivity contribution is -0.134. The van der Waals surface area contributed by atoms with Crippen LogP contribution in [0.5, 0.6) is 0 Å². The maximum absolute atomic E-state index is 12.8. The van der Waals surface area contributed by atoms with E-state index >= 15 is 0 Å². The van der Waals surface area contributed by atoms with Gasteiger partial charge in [0.1, 0.15) is 6.54 Å². The highest BCUT2D eigenvalue weighted by Gasteiger charge is 2.50. The topological polar surface area (TPSA) is 78.5 Å². The minimum absolute atomic E-state index is 0.0142. The first-order chi connectivity index (χ1) is 12.9. The predicted octanol–water partition coefficient (Wildman–Crippen LogP) is 2.36. The molecule has 2 aromatic rings. The van der Waals surface area contributed by atoms with Crippen molar-refractivity contribution in [3.63, 3.8) is 0 Å². The highest BCUT2D eigenvalue weighted by atomic mass is 32.1. The Balaban J connectivity index is 1.39. The van der Waals surface area contributed by atoms with Crippen LogP contribution in [0.15, 0.2) is 47.8 Å². The highest BCUT2D eigenvalue weighted by molar-refractivity contribution is 7.10. The molecule has 7 heteroatoms. The molecule has 1 unspecified atom stereocenters. The maximum atomic E-state index is 12.8. The molecule has 0 bridgehead atoms. The Morgan fingerprint density at radius 2 is 1.93 bits per heavy atom. The van der Waals surface area contributed by atoms with Gasteiger partial charge in [-0.3, -0.25) is 14.5 Å². The summed E-state index contributed by atoms with van der Waals surface area (Å²) in [4.78, 5) is 39.2. The van der Waals surface area contributed by atoms with Crippen molar-refractivity contribution < 1.29 is 14.4 Å². The van der Waals surface area contributed by atoms with E-state index in [1.54, 1.807) is 6.92 Å². The number of carbonyl (C=O) groups excluding carboxylic acids is 3. The average molecular weight is 383 g/mol. The molecule has 6 nitrogen and oxygen atoms in total. The number of amides is 4. The molecule has 1 aromatic heterocycles. The molecule has 1 aromatic carbocycles. The first-order valence-corrected chi connectivity index (χ1v) is 9.83. The number of nitrogens with one attached hydrogen (secondary N) is 2. The quantitative estimate of drug-likeness (QED) is 0.752.